The molecule has 0 aliphatic heterocycles. The van der Waals surface area contributed by atoms with Gasteiger partial charge in [-0.2, -0.15) is 0 Å². The van der Waals surface area contributed by atoms with Crippen LogP contribution in [0.4, 0.5) is 0 Å². The van der Waals surface area contributed by atoms with Gasteiger partial charge in [-0.05, 0) is 23.1 Å². The molecule has 1 unspecified atom stereocenters. The van der Waals surface area contributed by atoms with E-state index in [-0.39, 0.29) is 29.6 Å². The maximum absolute atomic E-state index is 11.1. The van der Waals surface area contributed by atoms with Gasteiger partial charge in [-0.25, -0.2) is 0 Å². The molecule has 1 radical (unpaired) electrons. The first-order chi connectivity index (χ1) is 8.72. The largest absolute Gasteiger partial charge is 0.481 e. The molecule has 0 saturated heterocycles. The van der Waals surface area contributed by atoms with Gasteiger partial charge in [0.05, 0.1) is 5.92 Å². The van der Waals surface area contributed by atoms with E-state index in [9.17, 15) is 4.79 Å². The summed E-state index contributed by atoms with van der Waals surface area (Å²) in [5.74, 6) is -1.17. The Labute approximate surface area is 135 Å². The van der Waals surface area contributed by atoms with Gasteiger partial charge in [0.1, 0.15) is 0 Å². The Morgan fingerprint density at radius 2 is 1.53 bits per heavy atom. The topological polar surface area (TPSA) is 37.3 Å². The van der Waals surface area contributed by atoms with Gasteiger partial charge in [-0.1, -0.05) is 61.5 Å². The van der Waals surface area contributed by atoms with Crippen molar-refractivity contribution in [1.29, 1.82) is 0 Å². The fraction of sp³-hybridized carbons (Fsp3) is 0.188. The van der Waals surface area contributed by atoms with Crippen LogP contribution in [0.15, 0.2) is 54.6 Å². The molecule has 19 heavy (non-hydrogen) atoms. The number of hydrogen-bond donors (Lipinski definition) is 1. The molecule has 0 aliphatic carbocycles. The third-order valence-electron chi connectivity index (χ3n) is 3.13. The smallest absolute Gasteiger partial charge is 0.310 e. The molecule has 2 aromatic rings. The number of aliphatic carboxylic acids is 1. The number of rotatable bonds is 4. The molecule has 1 N–H and O–H groups in total. The van der Waals surface area contributed by atoms with Gasteiger partial charge in [0.2, 0.25) is 0 Å². The summed E-state index contributed by atoms with van der Waals surface area (Å²) in [7, 11) is 0. The third kappa shape index (κ3) is 3.93. The molecule has 0 heterocycles. The van der Waals surface area contributed by atoms with Gasteiger partial charge in [0, 0.05) is 29.6 Å². The van der Waals surface area contributed by atoms with Crippen molar-refractivity contribution in [3.05, 3.63) is 60.2 Å². The zero-order valence-electron chi connectivity index (χ0n) is 11.3. The van der Waals surface area contributed by atoms with Crippen LogP contribution in [-0.2, 0) is 4.79 Å². The fourth-order valence-corrected chi connectivity index (χ4v) is 2.09. The summed E-state index contributed by atoms with van der Waals surface area (Å²) in [5.41, 5.74) is 3.12. The Balaban J connectivity index is 0.00000180. The summed E-state index contributed by atoms with van der Waals surface area (Å²) in [4.78, 5) is 11.1. The number of carbonyl (C=O) groups is 1. The molecule has 0 aromatic heterocycles. The predicted molar refractivity (Wildman–Crippen MR) is 78.3 cm³/mol. The second-order valence-corrected chi connectivity index (χ2v) is 4.29. The van der Waals surface area contributed by atoms with Crippen LogP contribution in [0.5, 0.6) is 0 Å². The van der Waals surface area contributed by atoms with Gasteiger partial charge >= 0.3 is 5.97 Å². The Bertz CT molecular complexity index is 520. The second kappa shape index (κ2) is 7.49. The van der Waals surface area contributed by atoms with Crippen LogP contribution >= 0.6 is 0 Å². The fourth-order valence-electron chi connectivity index (χ4n) is 2.09. The molecule has 2 nitrogen and oxygen atoms in total. The first-order valence-corrected chi connectivity index (χ1v) is 6.10. The SMILES string of the molecule is CCC(C(=O)O)c1ccc(-c2ccccc2)cc1.[Na]. The van der Waals surface area contributed by atoms with Crippen LogP contribution in [0.2, 0.25) is 0 Å². The van der Waals surface area contributed by atoms with E-state index < -0.39 is 11.9 Å². The van der Waals surface area contributed by atoms with Crippen molar-refractivity contribution < 1.29 is 9.90 Å². The van der Waals surface area contributed by atoms with Gasteiger partial charge in [0.25, 0.3) is 0 Å². The van der Waals surface area contributed by atoms with Crippen LogP contribution in [0, 0.1) is 0 Å². The Morgan fingerprint density at radius 1 is 1.00 bits per heavy atom. The molecule has 0 spiro atoms. The van der Waals surface area contributed by atoms with Crippen LogP contribution in [0.25, 0.3) is 11.1 Å². The average molecular weight is 263 g/mol. The first-order valence-electron chi connectivity index (χ1n) is 6.10. The molecule has 1 atom stereocenters. The number of benzene rings is 2. The summed E-state index contributed by atoms with van der Waals surface area (Å²) >= 11 is 0. The molecule has 0 fully saturated rings. The van der Waals surface area contributed by atoms with Crippen molar-refractivity contribution in [2.45, 2.75) is 19.3 Å². The Kier molecular flexibility index (Phi) is 6.29. The van der Waals surface area contributed by atoms with Crippen molar-refractivity contribution >= 4 is 35.5 Å². The Morgan fingerprint density at radius 3 is 2.00 bits per heavy atom. The van der Waals surface area contributed by atoms with E-state index in [2.05, 4.69) is 0 Å². The molecular weight excluding hydrogens is 247 g/mol. The van der Waals surface area contributed by atoms with Gasteiger partial charge < -0.3 is 5.11 Å². The average Bonchev–Trinajstić information content (AvgIpc) is 2.41. The van der Waals surface area contributed by atoms with E-state index in [0.29, 0.717) is 6.42 Å². The zero-order chi connectivity index (χ0) is 13.0. The van der Waals surface area contributed by atoms with E-state index in [1.807, 2.05) is 61.5 Å². The predicted octanol–water partition coefficient (Wildman–Crippen LogP) is 3.55. The number of hydrogen-bond acceptors (Lipinski definition) is 1. The van der Waals surface area contributed by atoms with Crippen LogP contribution in [0.1, 0.15) is 24.8 Å². The summed E-state index contributed by atoms with van der Waals surface area (Å²) < 4.78 is 0. The molecule has 0 aliphatic rings. The standard InChI is InChI=1S/C16H16O2.Na/c1-2-15(16(17)18)14-10-8-13(9-11-14)12-6-4-3-5-7-12;/h3-11,15H,2H2,1H3,(H,17,18);. The monoisotopic (exact) mass is 263 g/mol. The zero-order valence-corrected chi connectivity index (χ0v) is 13.3. The molecule has 0 saturated carbocycles. The molecule has 2 rings (SSSR count). The number of carboxylic acids is 1. The molecule has 0 bridgehead atoms. The van der Waals surface area contributed by atoms with E-state index >= 15 is 0 Å². The third-order valence-corrected chi connectivity index (χ3v) is 3.13. The van der Waals surface area contributed by atoms with Crippen molar-refractivity contribution in [3.63, 3.8) is 0 Å². The Hall–Kier alpha value is -1.09. The van der Waals surface area contributed by atoms with E-state index in [4.69, 9.17) is 5.11 Å². The van der Waals surface area contributed by atoms with Crippen molar-refractivity contribution in [3.8, 4) is 11.1 Å². The van der Waals surface area contributed by atoms with Gasteiger partial charge in [0.15, 0.2) is 0 Å². The normalized spacial score (nSPS) is 11.4. The molecule has 2 aromatic carbocycles. The maximum atomic E-state index is 11.1. The van der Waals surface area contributed by atoms with Crippen LogP contribution in [0.3, 0.4) is 0 Å². The van der Waals surface area contributed by atoms with E-state index in [0.717, 1.165) is 16.7 Å². The van der Waals surface area contributed by atoms with Gasteiger partial charge in [-0.3, -0.25) is 4.79 Å². The number of carboxylic acid groups (broad SMARTS) is 1. The molecule has 3 heteroatoms. The van der Waals surface area contributed by atoms with Gasteiger partial charge in [-0.15, -0.1) is 0 Å². The second-order valence-electron chi connectivity index (χ2n) is 4.29. The summed E-state index contributed by atoms with van der Waals surface area (Å²) in [5, 5.41) is 9.11. The minimum absolute atomic E-state index is 0. The molecule has 0 amide bonds. The quantitative estimate of drug-likeness (QED) is 0.856. The molecule has 93 valence electrons. The van der Waals surface area contributed by atoms with Crippen molar-refractivity contribution in [2.75, 3.05) is 0 Å². The van der Waals surface area contributed by atoms with E-state index in [1.165, 1.54) is 0 Å². The summed E-state index contributed by atoms with van der Waals surface area (Å²) in [6.45, 7) is 1.89. The minimum atomic E-state index is -0.759. The minimum Gasteiger partial charge on any atom is -0.481 e. The molecular formula is C16H16NaO2. The van der Waals surface area contributed by atoms with Crippen molar-refractivity contribution in [1.82, 2.24) is 0 Å². The maximum Gasteiger partial charge on any atom is 0.310 e. The van der Waals surface area contributed by atoms with E-state index in [1.54, 1.807) is 0 Å². The first kappa shape index (κ1) is 16.0. The van der Waals surface area contributed by atoms with Crippen LogP contribution < -0.4 is 0 Å². The summed E-state index contributed by atoms with van der Waals surface area (Å²) in [6, 6.07) is 17.8. The van der Waals surface area contributed by atoms with Crippen molar-refractivity contribution in [2.24, 2.45) is 0 Å². The summed E-state index contributed by atoms with van der Waals surface area (Å²) in [6.07, 6.45) is 0.611. The van der Waals surface area contributed by atoms with Crippen LogP contribution in [-0.4, -0.2) is 40.6 Å².